The number of unbranched alkanes of at least 4 members (excludes halogenated alkanes) is 1. The largest absolute Gasteiger partial charge is 0.356 e. The van der Waals surface area contributed by atoms with Gasteiger partial charge in [0.05, 0.1) is 0 Å². The molecule has 0 saturated carbocycles. The zero-order chi connectivity index (χ0) is 17.2. The summed E-state index contributed by atoms with van der Waals surface area (Å²) in [5, 5.41) is 3.47. The summed E-state index contributed by atoms with van der Waals surface area (Å²) in [6, 6.07) is 9.14. The molecule has 4 nitrogen and oxygen atoms in total. The predicted molar refractivity (Wildman–Crippen MR) is 116 cm³/mol. The Kier molecular flexibility index (Phi) is 12.1. The Hall–Kier alpha value is -0.820. The second-order valence-electron chi connectivity index (χ2n) is 6.54. The molecule has 1 aromatic rings. The van der Waals surface area contributed by atoms with Crippen molar-refractivity contribution in [2.45, 2.75) is 46.2 Å². The van der Waals surface area contributed by atoms with Crippen LogP contribution in [0.25, 0.3) is 0 Å². The third kappa shape index (κ3) is 8.33. The van der Waals surface area contributed by atoms with Gasteiger partial charge in [0.15, 0.2) is 5.96 Å². The molecule has 0 spiro atoms. The molecule has 1 N–H and O–H groups in total. The van der Waals surface area contributed by atoms with Crippen LogP contribution in [0.1, 0.15) is 37.8 Å². The topological polar surface area (TPSA) is 30.9 Å². The van der Waals surface area contributed by atoms with Gasteiger partial charge in [-0.05, 0) is 58.3 Å². The molecule has 0 fully saturated rings. The number of halogens is 1. The summed E-state index contributed by atoms with van der Waals surface area (Å²) in [5.74, 6) is 0.963. The third-order valence-corrected chi connectivity index (χ3v) is 4.34. The van der Waals surface area contributed by atoms with Crippen molar-refractivity contribution in [2.24, 2.45) is 4.99 Å². The lowest BCUT2D eigenvalue weighted by atomic mass is 10.1. The van der Waals surface area contributed by atoms with Gasteiger partial charge >= 0.3 is 0 Å². The van der Waals surface area contributed by atoms with Gasteiger partial charge in [-0.15, -0.1) is 24.0 Å². The van der Waals surface area contributed by atoms with Crippen LogP contribution >= 0.6 is 24.0 Å². The number of benzene rings is 1. The quantitative estimate of drug-likeness (QED) is 0.286. The van der Waals surface area contributed by atoms with Gasteiger partial charge in [-0.3, -0.25) is 4.99 Å². The standard InChI is InChI=1S/C19H34N4.HI/c1-16(2)22(5)14-10-9-13-21-19(20-4)23(6)15-18-12-8-7-11-17(18)3;/h7-8,11-12,16H,9-10,13-15H2,1-6H3,(H,20,21);1H. The van der Waals surface area contributed by atoms with Crippen LogP contribution in [0.15, 0.2) is 29.3 Å². The Morgan fingerprint density at radius 2 is 1.83 bits per heavy atom. The van der Waals surface area contributed by atoms with Crippen LogP contribution in [0.2, 0.25) is 0 Å². The van der Waals surface area contributed by atoms with E-state index in [1.807, 2.05) is 7.05 Å². The van der Waals surface area contributed by atoms with E-state index in [9.17, 15) is 0 Å². The van der Waals surface area contributed by atoms with Gasteiger partial charge in [0, 0.05) is 33.2 Å². The third-order valence-electron chi connectivity index (χ3n) is 4.34. The Balaban J connectivity index is 0.00000529. The van der Waals surface area contributed by atoms with E-state index in [1.165, 1.54) is 17.5 Å². The zero-order valence-corrected chi connectivity index (χ0v) is 18.5. The molecule has 138 valence electrons. The molecule has 1 rings (SSSR count). The molecule has 0 aliphatic heterocycles. The maximum absolute atomic E-state index is 4.40. The number of hydrogen-bond acceptors (Lipinski definition) is 2. The number of aliphatic imine (C=N–C) groups is 1. The molecular weight excluding hydrogens is 411 g/mol. The Morgan fingerprint density at radius 3 is 2.42 bits per heavy atom. The fourth-order valence-corrected chi connectivity index (χ4v) is 2.45. The lowest BCUT2D eigenvalue weighted by Crippen LogP contribution is -2.39. The van der Waals surface area contributed by atoms with Crippen LogP contribution in [0.5, 0.6) is 0 Å². The number of hydrogen-bond donors (Lipinski definition) is 1. The number of aryl methyl sites for hydroxylation is 1. The Morgan fingerprint density at radius 1 is 1.17 bits per heavy atom. The summed E-state index contributed by atoms with van der Waals surface area (Å²) in [6.07, 6.45) is 2.37. The minimum atomic E-state index is 0. The van der Waals surface area contributed by atoms with Crippen LogP contribution < -0.4 is 5.32 Å². The van der Waals surface area contributed by atoms with Crippen molar-refractivity contribution in [3.63, 3.8) is 0 Å². The molecule has 0 radical (unpaired) electrons. The summed E-state index contributed by atoms with van der Waals surface area (Å²) in [6.45, 7) is 9.63. The normalized spacial score (nSPS) is 11.6. The number of nitrogens with one attached hydrogen (secondary N) is 1. The van der Waals surface area contributed by atoms with Crippen molar-refractivity contribution in [3.8, 4) is 0 Å². The second kappa shape index (κ2) is 12.5. The van der Waals surface area contributed by atoms with E-state index in [1.54, 1.807) is 0 Å². The summed E-state index contributed by atoms with van der Waals surface area (Å²) in [5.41, 5.74) is 2.67. The molecule has 0 bridgehead atoms. The van der Waals surface area contributed by atoms with Crippen LogP contribution in [0.3, 0.4) is 0 Å². The van der Waals surface area contributed by atoms with Gasteiger partial charge in [-0.25, -0.2) is 0 Å². The smallest absolute Gasteiger partial charge is 0.193 e. The minimum absolute atomic E-state index is 0. The summed E-state index contributed by atoms with van der Waals surface area (Å²) in [7, 11) is 6.13. The summed E-state index contributed by atoms with van der Waals surface area (Å²) < 4.78 is 0. The maximum atomic E-state index is 4.40. The first kappa shape index (κ1) is 23.2. The minimum Gasteiger partial charge on any atom is -0.356 e. The van der Waals surface area contributed by atoms with Gasteiger partial charge < -0.3 is 15.1 Å². The summed E-state index contributed by atoms with van der Waals surface area (Å²) >= 11 is 0. The van der Waals surface area contributed by atoms with E-state index in [4.69, 9.17) is 0 Å². The fourth-order valence-electron chi connectivity index (χ4n) is 2.45. The van der Waals surface area contributed by atoms with Gasteiger partial charge in [0.1, 0.15) is 0 Å². The van der Waals surface area contributed by atoms with Crippen molar-refractivity contribution in [1.29, 1.82) is 0 Å². The molecule has 0 atom stereocenters. The van der Waals surface area contributed by atoms with Crippen molar-refractivity contribution in [2.75, 3.05) is 34.2 Å². The molecule has 0 aliphatic carbocycles. The highest BCUT2D eigenvalue weighted by atomic mass is 127. The molecule has 5 heteroatoms. The second-order valence-corrected chi connectivity index (χ2v) is 6.54. The molecule has 1 aromatic carbocycles. The average Bonchev–Trinajstić information content (AvgIpc) is 2.52. The summed E-state index contributed by atoms with van der Waals surface area (Å²) in [4.78, 5) is 8.97. The zero-order valence-electron chi connectivity index (χ0n) is 16.2. The highest BCUT2D eigenvalue weighted by Crippen LogP contribution is 2.09. The van der Waals surface area contributed by atoms with Crippen molar-refractivity contribution in [1.82, 2.24) is 15.1 Å². The number of nitrogens with zero attached hydrogens (tertiary/aromatic N) is 3. The monoisotopic (exact) mass is 446 g/mol. The van der Waals surface area contributed by atoms with E-state index < -0.39 is 0 Å². The van der Waals surface area contributed by atoms with E-state index in [-0.39, 0.29) is 24.0 Å². The van der Waals surface area contributed by atoms with Crippen molar-refractivity contribution in [3.05, 3.63) is 35.4 Å². The first-order chi connectivity index (χ1) is 11.0. The molecular formula is C19H35IN4. The number of rotatable bonds is 8. The van der Waals surface area contributed by atoms with Gasteiger partial charge in [-0.1, -0.05) is 24.3 Å². The predicted octanol–water partition coefficient (Wildman–Crippen LogP) is 3.74. The van der Waals surface area contributed by atoms with Crippen molar-refractivity contribution < 1.29 is 0 Å². The molecule has 0 amide bonds. The van der Waals surface area contributed by atoms with Gasteiger partial charge in [-0.2, -0.15) is 0 Å². The molecule has 0 aliphatic rings. The molecule has 0 saturated heterocycles. The molecule has 24 heavy (non-hydrogen) atoms. The van der Waals surface area contributed by atoms with Gasteiger partial charge in [0.25, 0.3) is 0 Å². The first-order valence-corrected chi connectivity index (χ1v) is 8.62. The maximum Gasteiger partial charge on any atom is 0.193 e. The van der Waals surface area contributed by atoms with E-state index in [0.717, 1.165) is 32.0 Å². The molecule has 0 aromatic heterocycles. The van der Waals surface area contributed by atoms with Crippen LogP contribution in [-0.4, -0.2) is 56.0 Å². The highest BCUT2D eigenvalue weighted by molar-refractivity contribution is 14.0. The van der Waals surface area contributed by atoms with Crippen LogP contribution in [0.4, 0.5) is 0 Å². The fraction of sp³-hybridized carbons (Fsp3) is 0.632. The van der Waals surface area contributed by atoms with Gasteiger partial charge in [0.2, 0.25) is 0 Å². The SMILES string of the molecule is CN=C(NCCCCN(C)C(C)C)N(C)Cc1ccccc1C.I. The number of guanidine groups is 1. The highest BCUT2D eigenvalue weighted by Gasteiger charge is 2.08. The van der Waals surface area contributed by atoms with E-state index in [0.29, 0.717) is 6.04 Å². The van der Waals surface area contributed by atoms with Crippen LogP contribution in [0, 0.1) is 6.92 Å². The lowest BCUT2D eigenvalue weighted by Gasteiger charge is -2.23. The van der Waals surface area contributed by atoms with Crippen molar-refractivity contribution >= 4 is 29.9 Å². The average molecular weight is 446 g/mol. The molecule has 0 unspecified atom stereocenters. The van der Waals surface area contributed by atoms with Crippen LogP contribution in [-0.2, 0) is 6.54 Å². The first-order valence-electron chi connectivity index (χ1n) is 8.62. The lowest BCUT2D eigenvalue weighted by molar-refractivity contribution is 0.268. The van der Waals surface area contributed by atoms with E-state index >= 15 is 0 Å². The molecule has 0 heterocycles. The Labute approximate surface area is 165 Å². The Bertz CT molecular complexity index is 488. The van der Waals surface area contributed by atoms with E-state index in [2.05, 4.69) is 79.2 Å².